The SMILES string of the molecule is CC(C)(C)OC(=O)NC1CCCN(CC(=O)Nc2ccc(Br)cc2)C1. The van der Waals surface area contributed by atoms with Crippen LogP contribution in [-0.4, -0.2) is 48.2 Å². The average Bonchev–Trinajstić information content (AvgIpc) is 2.48. The summed E-state index contributed by atoms with van der Waals surface area (Å²) in [7, 11) is 0. The van der Waals surface area contributed by atoms with Crippen LogP contribution in [0.15, 0.2) is 28.7 Å². The van der Waals surface area contributed by atoms with Gasteiger partial charge in [-0.2, -0.15) is 0 Å². The van der Waals surface area contributed by atoms with Crippen LogP contribution in [0.25, 0.3) is 0 Å². The van der Waals surface area contributed by atoms with Gasteiger partial charge < -0.3 is 15.4 Å². The summed E-state index contributed by atoms with van der Waals surface area (Å²) in [6.07, 6.45) is 1.43. The van der Waals surface area contributed by atoms with Crippen molar-refractivity contribution in [3.05, 3.63) is 28.7 Å². The molecule has 0 saturated carbocycles. The zero-order valence-corrected chi connectivity index (χ0v) is 16.6. The summed E-state index contributed by atoms with van der Waals surface area (Å²) < 4.78 is 6.26. The van der Waals surface area contributed by atoms with E-state index in [0.717, 1.165) is 29.5 Å². The average molecular weight is 412 g/mol. The van der Waals surface area contributed by atoms with Crippen molar-refractivity contribution in [1.82, 2.24) is 10.2 Å². The molecular formula is C18H26BrN3O3. The van der Waals surface area contributed by atoms with Gasteiger partial charge in [0.1, 0.15) is 5.60 Å². The molecule has 1 aliphatic rings. The summed E-state index contributed by atoms with van der Waals surface area (Å²) in [6, 6.07) is 7.48. The van der Waals surface area contributed by atoms with Gasteiger partial charge in [-0.25, -0.2) is 4.79 Å². The molecule has 0 bridgehead atoms. The fourth-order valence-corrected chi connectivity index (χ4v) is 2.99. The van der Waals surface area contributed by atoms with Crippen molar-refractivity contribution in [2.24, 2.45) is 0 Å². The third-order valence-corrected chi connectivity index (χ3v) is 4.25. The van der Waals surface area contributed by atoms with E-state index >= 15 is 0 Å². The number of nitrogens with one attached hydrogen (secondary N) is 2. The molecule has 138 valence electrons. The number of likely N-dealkylation sites (tertiary alicyclic amines) is 1. The lowest BCUT2D eigenvalue weighted by atomic mass is 10.1. The van der Waals surface area contributed by atoms with Crippen LogP contribution in [0.2, 0.25) is 0 Å². The Morgan fingerprint density at radius 1 is 1.28 bits per heavy atom. The summed E-state index contributed by atoms with van der Waals surface area (Å²) in [4.78, 5) is 26.2. The zero-order chi connectivity index (χ0) is 18.4. The monoisotopic (exact) mass is 411 g/mol. The molecule has 0 aliphatic carbocycles. The van der Waals surface area contributed by atoms with Crippen LogP contribution in [0, 0.1) is 0 Å². The smallest absolute Gasteiger partial charge is 0.407 e. The second-order valence-corrected chi connectivity index (χ2v) is 8.19. The van der Waals surface area contributed by atoms with Crippen molar-refractivity contribution in [1.29, 1.82) is 0 Å². The van der Waals surface area contributed by atoms with Crippen molar-refractivity contribution < 1.29 is 14.3 Å². The van der Waals surface area contributed by atoms with Gasteiger partial charge in [0, 0.05) is 22.7 Å². The van der Waals surface area contributed by atoms with Gasteiger partial charge in [0.05, 0.1) is 6.54 Å². The molecular weight excluding hydrogens is 386 g/mol. The first kappa shape index (κ1) is 19.7. The lowest BCUT2D eigenvalue weighted by Gasteiger charge is -2.33. The Morgan fingerprint density at radius 3 is 2.60 bits per heavy atom. The fourth-order valence-electron chi connectivity index (χ4n) is 2.73. The number of alkyl carbamates (subject to hydrolysis) is 1. The van der Waals surface area contributed by atoms with E-state index in [0.29, 0.717) is 13.1 Å². The Hall–Kier alpha value is -1.60. The number of halogens is 1. The van der Waals surface area contributed by atoms with Crippen molar-refractivity contribution in [2.75, 3.05) is 25.0 Å². The van der Waals surface area contributed by atoms with E-state index in [1.165, 1.54) is 0 Å². The van der Waals surface area contributed by atoms with Gasteiger partial charge in [0.15, 0.2) is 0 Å². The maximum Gasteiger partial charge on any atom is 0.407 e. The number of anilines is 1. The molecule has 1 fully saturated rings. The van der Waals surface area contributed by atoms with Gasteiger partial charge in [-0.05, 0) is 64.4 Å². The van der Waals surface area contributed by atoms with Gasteiger partial charge in [0.25, 0.3) is 0 Å². The van der Waals surface area contributed by atoms with Crippen LogP contribution >= 0.6 is 15.9 Å². The maximum atomic E-state index is 12.2. The van der Waals surface area contributed by atoms with E-state index in [2.05, 4.69) is 31.5 Å². The van der Waals surface area contributed by atoms with Gasteiger partial charge in [-0.15, -0.1) is 0 Å². The van der Waals surface area contributed by atoms with Crippen molar-refractivity contribution in [2.45, 2.75) is 45.3 Å². The second kappa shape index (κ2) is 8.67. The highest BCUT2D eigenvalue weighted by Gasteiger charge is 2.25. The summed E-state index contributed by atoms with van der Waals surface area (Å²) in [6.45, 7) is 7.32. The van der Waals surface area contributed by atoms with Gasteiger partial charge >= 0.3 is 6.09 Å². The molecule has 0 radical (unpaired) electrons. The summed E-state index contributed by atoms with van der Waals surface area (Å²) in [5.41, 5.74) is 0.261. The number of rotatable bonds is 4. The van der Waals surface area contributed by atoms with E-state index in [1.807, 2.05) is 45.0 Å². The summed E-state index contributed by atoms with van der Waals surface area (Å²) in [5.74, 6) is -0.0553. The minimum absolute atomic E-state index is 0.00378. The number of hydrogen-bond acceptors (Lipinski definition) is 4. The fraction of sp³-hybridized carbons (Fsp3) is 0.556. The topological polar surface area (TPSA) is 70.7 Å². The number of amides is 2. The van der Waals surface area contributed by atoms with Crippen LogP contribution in [0.1, 0.15) is 33.6 Å². The van der Waals surface area contributed by atoms with E-state index in [-0.39, 0.29) is 11.9 Å². The molecule has 1 unspecified atom stereocenters. The quantitative estimate of drug-likeness (QED) is 0.796. The molecule has 1 heterocycles. The van der Waals surface area contributed by atoms with Crippen LogP contribution in [0.5, 0.6) is 0 Å². The largest absolute Gasteiger partial charge is 0.444 e. The Balaban J connectivity index is 1.79. The highest BCUT2D eigenvalue weighted by atomic mass is 79.9. The minimum Gasteiger partial charge on any atom is -0.444 e. The lowest BCUT2D eigenvalue weighted by molar-refractivity contribution is -0.117. The molecule has 1 saturated heterocycles. The van der Waals surface area contributed by atoms with Gasteiger partial charge in [0.2, 0.25) is 5.91 Å². The first-order valence-electron chi connectivity index (χ1n) is 8.48. The number of nitrogens with zero attached hydrogens (tertiary/aromatic N) is 1. The van der Waals surface area contributed by atoms with Gasteiger partial charge in [-0.1, -0.05) is 15.9 Å². The molecule has 2 N–H and O–H groups in total. The van der Waals surface area contributed by atoms with Crippen molar-refractivity contribution in [3.63, 3.8) is 0 Å². The first-order chi connectivity index (χ1) is 11.7. The van der Waals surface area contributed by atoms with Crippen LogP contribution in [0.3, 0.4) is 0 Å². The number of piperidine rings is 1. The van der Waals surface area contributed by atoms with Crippen LogP contribution in [-0.2, 0) is 9.53 Å². The number of hydrogen-bond donors (Lipinski definition) is 2. The van der Waals surface area contributed by atoms with Crippen LogP contribution < -0.4 is 10.6 Å². The third-order valence-electron chi connectivity index (χ3n) is 3.72. The molecule has 0 aromatic heterocycles. The van der Waals surface area contributed by atoms with Crippen LogP contribution in [0.4, 0.5) is 10.5 Å². The number of ether oxygens (including phenoxy) is 1. The number of carbonyl (C=O) groups excluding carboxylic acids is 2. The first-order valence-corrected chi connectivity index (χ1v) is 9.28. The van der Waals surface area contributed by atoms with Crippen molar-refractivity contribution in [3.8, 4) is 0 Å². The Kier molecular flexibility index (Phi) is 6.84. The molecule has 6 nitrogen and oxygen atoms in total. The van der Waals surface area contributed by atoms with E-state index in [4.69, 9.17) is 4.74 Å². The van der Waals surface area contributed by atoms with Gasteiger partial charge in [-0.3, -0.25) is 9.69 Å². The summed E-state index contributed by atoms with van der Waals surface area (Å²) in [5, 5.41) is 5.78. The number of carbonyl (C=O) groups is 2. The summed E-state index contributed by atoms with van der Waals surface area (Å²) >= 11 is 3.37. The molecule has 1 aromatic carbocycles. The molecule has 1 atom stereocenters. The Labute approximate surface area is 157 Å². The van der Waals surface area contributed by atoms with E-state index in [1.54, 1.807) is 0 Å². The standard InChI is InChI=1S/C18H26BrN3O3/c1-18(2,3)25-17(24)21-15-5-4-10-22(11-15)12-16(23)20-14-8-6-13(19)7-9-14/h6-9,15H,4-5,10-12H2,1-3H3,(H,20,23)(H,21,24). The van der Waals surface area contributed by atoms with E-state index < -0.39 is 11.7 Å². The maximum absolute atomic E-state index is 12.2. The highest BCUT2D eigenvalue weighted by Crippen LogP contribution is 2.15. The molecule has 1 aliphatic heterocycles. The predicted molar refractivity (Wildman–Crippen MR) is 102 cm³/mol. The minimum atomic E-state index is -0.511. The zero-order valence-electron chi connectivity index (χ0n) is 15.0. The molecule has 2 amide bonds. The predicted octanol–water partition coefficient (Wildman–Crippen LogP) is 3.38. The third kappa shape index (κ3) is 7.44. The Bertz CT molecular complexity index is 599. The second-order valence-electron chi connectivity index (χ2n) is 7.28. The Morgan fingerprint density at radius 2 is 1.96 bits per heavy atom. The molecule has 7 heteroatoms. The molecule has 0 spiro atoms. The molecule has 1 aromatic rings. The molecule has 25 heavy (non-hydrogen) atoms. The van der Waals surface area contributed by atoms with E-state index in [9.17, 15) is 9.59 Å². The highest BCUT2D eigenvalue weighted by molar-refractivity contribution is 9.10. The lowest BCUT2D eigenvalue weighted by Crippen LogP contribution is -2.50. The number of benzene rings is 1. The molecule has 2 rings (SSSR count). The normalized spacial score (nSPS) is 18.5. The van der Waals surface area contributed by atoms with Crippen molar-refractivity contribution >= 4 is 33.6 Å².